The third-order valence-electron chi connectivity index (χ3n) is 6.01. The van der Waals surface area contributed by atoms with E-state index in [4.69, 9.17) is 16.6 Å². The van der Waals surface area contributed by atoms with Crippen LogP contribution in [0.5, 0.6) is 0 Å². The summed E-state index contributed by atoms with van der Waals surface area (Å²) < 4.78 is 0. The van der Waals surface area contributed by atoms with Crippen molar-refractivity contribution in [1.82, 2.24) is 9.88 Å². The zero-order valence-electron chi connectivity index (χ0n) is 21.0. The van der Waals surface area contributed by atoms with Crippen LogP contribution < -0.4 is 10.2 Å². The van der Waals surface area contributed by atoms with Crippen LogP contribution in [0.1, 0.15) is 17.5 Å². The van der Waals surface area contributed by atoms with Crippen LogP contribution in [0.4, 0.5) is 11.4 Å². The predicted octanol–water partition coefficient (Wildman–Crippen LogP) is 6.13. The zero-order valence-corrected chi connectivity index (χ0v) is 22.6. The third kappa shape index (κ3) is 6.96. The molecule has 8 heteroatoms. The topological polar surface area (TPSA) is 65.5 Å². The number of hydrogen-bond acceptors (Lipinski definition) is 5. The summed E-state index contributed by atoms with van der Waals surface area (Å²) in [6, 6.07) is 23.9. The van der Waals surface area contributed by atoms with E-state index in [-0.39, 0.29) is 24.8 Å². The van der Waals surface area contributed by atoms with Crippen molar-refractivity contribution in [3.8, 4) is 11.3 Å². The molecular weight excluding hydrogens is 504 g/mol. The Morgan fingerprint density at radius 1 is 0.973 bits per heavy atom. The number of benzene rings is 3. The number of halogens is 1. The fraction of sp³-hybridized carbons (Fsp3) is 0.207. The standard InChI is InChI=1S/C29H29ClN4O2S/c1-20(29(36)31-24-13-15-25(16-14-24)33(2)3)34(28(35)17-21-7-5-4-6-8-21)18-27-32-26(19-37-27)22-9-11-23(30)12-10-22/h4-16,19-20H,17-18H2,1-3H3,(H,31,36). The second-order valence-electron chi connectivity index (χ2n) is 8.92. The maximum atomic E-state index is 13.5. The molecule has 0 aliphatic rings. The van der Waals surface area contributed by atoms with Crippen molar-refractivity contribution in [2.24, 2.45) is 0 Å². The van der Waals surface area contributed by atoms with E-state index in [1.54, 1.807) is 11.8 Å². The summed E-state index contributed by atoms with van der Waals surface area (Å²) in [6.07, 6.45) is 0.200. The number of nitrogens with zero attached hydrogens (tertiary/aromatic N) is 3. The van der Waals surface area contributed by atoms with Gasteiger partial charge in [0.15, 0.2) is 0 Å². The molecule has 2 amide bonds. The number of thiazole rings is 1. The highest BCUT2D eigenvalue weighted by atomic mass is 35.5. The SMILES string of the molecule is CC(C(=O)Nc1ccc(N(C)C)cc1)N(Cc1nc(-c2ccc(Cl)cc2)cs1)C(=O)Cc1ccccc1. The van der Waals surface area contributed by atoms with Gasteiger partial charge in [0, 0.05) is 41.4 Å². The number of hydrogen-bond donors (Lipinski definition) is 1. The third-order valence-corrected chi connectivity index (χ3v) is 7.10. The molecule has 4 aromatic rings. The molecule has 1 heterocycles. The van der Waals surface area contributed by atoms with Crippen LogP contribution in [0.15, 0.2) is 84.2 Å². The van der Waals surface area contributed by atoms with Crippen LogP contribution in [0.3, 0.4) is 0 Å². The van der Waals surface area contributed by atoms with E-state index < -0.39 is 6.04 Å². The van der Waals surface area contributed by atoms with E-state index in [9.17, 15) is 9.59 Å². The molecule has 1 unspecified atom stereocenters. The summed E-state index contributed by atoms with van der Waals surface area (Å²) >= 11 is 7.48. The van der Waals surface area contributed by atoms with Crippen molar-refractivity contribution in [3.63, 3.8) is 0 Å². The van der Waals surface area contributed by atoms with E-state index >= 15 is 0 Å². The molecule has 6 nitrogen and oxygen atoms in total. The van der Waals surface area contributed by atoms with Crippen molar-refractivity contribution < 1.29 is 9.59 Å². The molecule has 1 N–H and O–H groups in total. The van der Waals surface area contributed by atoms with Crippen molar-refractivity contribution in [2.45, 2.75) is 25.9 Å². The van der Waals surface area contributed by atoms with Crippen LogP contribution >= 0.6 is 22.9 Å². The van der Waals surface area contributed by atoms with Crippen LogP contribution in [0.2, 0.25) is 5.02 Å². The monoisotopic (exact) mass is 532 g/mol. The number of rotatable bonds is 9. The molecule has 0 bridgehead atoms. The van der Waals surface area contributed by atoms with Gasteiger partial charge in [0.1, 0.15) is 11.0 Å². The summed E-state index contributed by atoms with van der Waals surface area (Å²) in [5.74, 6) is -0.395. The van der Waals surface area contributed by atoms with Crippen LogP contribution in [0.25, 0.3) is 11.3 Å². The number of anilines is 2. The molecule has 0 aliphatic heterocycles. The first-order chi connectivity index (χ1) is 17.8. The number of aromatic nitrogens is 1. The maximum Gasteiger partial charge on any atom is 0.246 e. The zero-order chi connectivity index (χ0) is 26.4. The van der Waals surface area contributed by atoms with Crippen molar-refractivity contribution >= 4 is 46.1 Å². The average molecular weight is 533 g/mol. The van der Waals surface area contributed by atoms with E-state index in [1.807, 2.05) is 103 Å². The summed E-state index contributed by atoms with van der Waals surface area (Å²) in [5.41, 5.74) is 4.36. The molecule has 0 radical (unpaired) electrons. The van der Waals surface area contributed by atoms with Gasteiger partial charge >= 0.3 is 0 Å². The van der Waals surface area contributed by atoms with E-state index in [0.29, 0.717) is 10.7 Å². The molecule has 0 saturated heterocycles. The second-order valence-corrected chi connectivity index (χ2v) is 10.3. The lowest BCUT2D eigenvalue weighted by Gasteiger charge is -2.28. The minimum absolute atomic E-state index is 0.139. The lowest BCUT2D eigenvalue weighted by atomic mass is 10.1. The molecule has 190 valence electrons. The number of carbonyl (C=O) groups is 2. The van der Waals surface area contributed by atoms with Crippen LogP contribution in [0, 0.1) is 0 Å². The maximum absolute atomic E-state index is 13.5. The van der Waals surface area contributed by atoms with Gasteiger partial charge in [-0.1, -0.05) is 54.1 Å². The smallest absolute Gasteiger partial charge is 0.246 e. The fourth-order valence-electron chi connectivity index (χ4n) is 3.83. The normalized spacial score (nSPS) is 11.6. The van der Waals surface area contributed by atoms with E-state index in [1.165, 1.54) is 11.3 Å². The quantitative estimate of drug-likeness (QED) is 0.282. The van der Waals surface area contributed by atoms with Crippen LogP contribution in [-0.4, -0.2) is 41.8 Å². The molecule has 4 rings (SSSR count). The van der Waals surface area contributed by atoms with Gasteiger partial charge in [-0.2, -0.15) is 0 Å². The summed E-state index contributed by atoms with van der Waals surface area (Å²) in [6.45, 7) is 1.98. The summed E-state index contributed by atoms with van der Waals surface area (Å²) in [7, 11) is 3.92. The highest BCUT2D eigenvalue weighted by Crippen LogP contribution is 2.25. The minimum Gasteiger partial charge on any atom is -0.378 e. The van der Waals surface area contributed by atoms with Gasteiger partial charge in [-0.05, 0) is 48.9 Å². The molecular formula is C29H29ClN4O2S. The van der Waals surface area contributed by atoms with Gasteiger partial charge in [0.25, 0.3) is 0 Å². The minimum atomic E-state index is -0.701. The first-order valence-corrected chi connectivity index (χ1v) is 13.2. The molecule has 1 atom stereocenters. The summed E-state index contributed by atoms with van der Waals surface area (Å²) in [4.78, 5) is 35.0. The van der Waals surface area contributed by atoms with Gasteiger partial charge in [-0.25, -0.2) is 4.98 Å². The molecule has 37 heavy (non-hydrogen) atoms. The van der Waals surface area contributed by atoms with E-state index in [2.05, 4.69) is 5.32 Å². The summed E-state index contributed by atoms with van der Waals surface area (Å²) in [5, 5.41) is 6.31. The Kier molecular flexibility index (Phi) is 8.58. The van der Waals surface area contributed by atoms with Gasteiger partial charge in [0.05, 0.1) is 18.7 Å². The first kappa shape index (κ1) is 26.4. The Morgan fingerprint density at radius 2 is 1.65 bits per heavy atom. The number of amides is 2. The van der Waals surface area contributed by atoms with Crippen molar-refractivity contribution in [1.29, 1.82) is 0 Å². The lowest BCUT2D eigenvalue weighted by Crippen LogP contribution is -2.45. The Morgan fingerprint density at radius 3 is 2.30 bits per heavy atom. The predicted molar refractivity (Wildman–Crippen MR) is 152 cm³/mol. The van der Waals surface area contributed by atoms with Crippen LogP contribution in [-0.2, 0) is 22.6 Å². The number of carbonyl (C=O) groups excluding carboxylic acids is 2. The molecule has 0 fully saturated rings. The highest BCUT2D eigenvalue weighted by molar-refractivity contribution is 7.09. The molecule has 0 spiro atoms. The second kappa shape index (κ2) is 12.0. The Labute approximate surface area is 226 Å². The number of nitrogens with one attached hydrogen (secondary N) is 1. The molecule has 1 aromatic heterocycles. The van der Waals surface area contributed by atoms with Gasteiger partial charge in [-0.15, -0.1) is 11.3 Å². The molecule has 0 aliphatic carbocycles. The van der Waals surface area contributed by atoms with E-state index in [0.717, 1.165) is 27.5 Å². The van der Waals surface area contributed by atoms with Gasteiger partial charge < -0.3 is 15.1 Å². The largest absolute Gasteiger partial charge is 0.378 e. The Bertz CT molecular complexity index is 1340. The Hall–Kier alpha value is -3.68. The molecule has 0 saturated carbocycles. The van der Waals surface area contributed by atoms with Gasteiger partial charge in [-0.3, -0.25) is 9.59 Å². The van der Waals surface area contributed by atoms with Crippen molar-refractivity contribution in [3.05, 3.63) is 99.8 Å². The fourth-order valence-corrected chi connectivity index (χ4v) is 4.75. The average Bonchev–Trinajstić information content (AvgIpc) is 3.37. The van der Waals surface area contributed by atoms with Crippen molar-refractivity contribution in [2.75, 3.05) is 24.3 Å². The Balaban J connectivity index is 1.53. The first-order valence-electron chi connectivity index (χ1n) is 11.9. The lowest BCUT2D eigenvalue weighted by molar-refractivity contribution is -0.138. The molecule has 3 aromatic carbocycles. The highest BCUT2D eigenvalue weighted by Gasteiger charge is 2.27. The van der Waals surface area contributed by atoms with Gasteiger partial charge in [0.2, 0.25) is 11.8 Å².